The first kappa shape index (κ1) is 28.7. The average molecular weight is 578 g/mol. The topological polar surface area (TPSA) is 88.8 Å². The predicted octanol–water partition coefficient (Wildman–Crippen LogP) is 4.60. The fourth-order valence-electron chi connectivity index (χ4n) is 6.91. The first-order chi connectivity index (χ1) is 20.9. The number of benzene rings is 2. The van der Waals surface area contributed by atoms with Crippen molar-refractivity contribution in [3.63, 3.8) is 0 Å². The number of hydrogen-bond acceptors (Lipinski definition) is 8. The lowest BCUT2D eigenvalue weighted by atomic mass is 9.99. The smallest absolute Gasteiger partial charge is 0.323 e. The molecule has 222 valence electrons. The lowest BCUT2D eigenvalue weighted by Crippen LogP contribution is -2.55. The van der Waals surface area contributed by atoms with Crippen LogP contribution in [0, 0.1) is 18.3 Å². The van der Waals surface area contributed by atoms with Crippen molar-refractivity contribution < 1.29 is 9.53 Å². The molecule has 0 N–H and O–H groups in total. The number of carbonyl (C=O) groups is 1. The van der Waals surface area contributed by atoms with E-state index in [-0.39, 0.29) is 24.4 Å². The van der Waals surface area contributed by atoms with Crippen molar-refractivity contribution in [2.45, 2.75) is 51.2 Å². The summed E-state index contributed by atoms with van der Waals surface area (Å²) in [6, 6.07) is 15.4. The molecule has 0 bridgehead atoms. The number of amides is 1. The molecule has 0 unspecified atom stereocenters. The molecule has 2 saturated heterocycles. The molecule has 0 aliphatic carbocycles. The van der Waals surface area contributed by atoms with E-state index in [1.807, 2.05) is 0 Å². The third kappa shape index (κ3) is 5.55. The van der Waals surface area contributed by atoms with Crippen LogP contribution in [0.2, 0.25) is 0 Å². The molecule has 2 fully saturated rings. The van der Waals surface area contributed by atoms with E-state index in [2.05, 4.69) is 84.3 Å². The van der Waals surface area contributed by atoms with Crippen molar-refractivity contribution in [3.05, 3.63) is 78.2 Å². The Hall–Kier alpha value is -4.42. The Balaban J connectivity index is 1.36. The molecule has 0 radical (unpaired) electrons. The van der Waals surface area contributed by atoms with Crippen molar-refractivity contribution in [2.75, 3.05) is 49.6 Å². The van der Waals surface area contributed by atoms with Gasteiger partial charge in [0.1, 0.15) is 11.6 Å². The highest BCUT2D eigenvalue weighted by atomic mass is 16.5. The molecule has 2 aromatic carbocycles. The molecule has 0 saturated carbocycles. The Morgan fingerprint density at radius 3 is 2.70 bits per heavy atom. The summed E-state index contributed by atoms with van der Waals surface area (Å²) in [6.45, 7) is 14.1. The van der Waals surface area contributed by atoms with Gasteiger partial charge in [-0.15, -0.1) is 0 Å². The molecule has 3 aromatic rings. The number of fused-ring (bicyclic) bond motifs is 2. The number of nitriles is 1. The zero-order chi connectivity index (χ0) is 30.1. The van der Waals surface area contributed by atoms with Gasteiger partial charge in [-0.2, -0.15) is 15.2 Å². The lowest BCUT2D eigenvalue weighted by molar-refractivity contribution is -0.128. The van der Waals surface area contributed by atoms with Gasteiger partial charge in [0, 0.05) is 42.8 Å². The summed E-state index contributed by atoms with van der Waals surface area (Å²) in [5, 5.41) is 12.0. The summed E-state index contributed by atoms with van der Waals surface area (Å²) in [5.74, 6) is 1.34. The van der Waals surface area contributed by atoms with Gasteiger partial charge in [-0.1, -0.05) is 43.5 Å². The van der Waals surface area contributed by atoms with Crippen molar-refractivity contribution in [1.29, 1.82) is 5.26 Å². The van der Waals surface area contributed by atoms with Crippen LogP contribution >= 0.6 is 0 Å². The average Bonchev–Trinajstić information content (AvgIpc) is 3.46. The second-order valence-electron chi connectivity index (χ2n) is 11.8. The number of piperazine rings is 1. The van der Waals surface area contributed by atoms with Gasteiger partial charge in [-0.3, -0.25) is 9.69 Å². The zero-order valence-electron chi connectivity index (χ0n) is 25.1. The molecule has 43 heavy (non-hydrogen) atoms. The summed E-state index contributed by atoms with van der Waals surface area (Å²) in [5.41, 5.74) is 4.49. The highest BCUT2D eigenvalue weighted by molar-refractivity contribution is 5.97. The second-order valence-corrected chi connectivity index (χ2v) is 11.8. The molecule has 1 aromatic heterocycles. The van der Waals surface area contributed by atoms with Crippen LogP contribution < -0.4 is 14.5 Å². The van der Waals surface area contributed by atoms with Crippen LogP contribution in [0.1, 0.15) is 36.1 Å². The van der Waals surface area contributed by atoms with Crippen molar-refractivity contribution >= 4 is 28.2 Å². The fourth-order valence-corrected chi connectivity index (χ4v) is 6.91. The second kappa shape index (κ2) is 12.1. The molecule has 3 aliphatic rings. The molecule has 0 spiro atoms. The number of ether oxygens (including phenoxy) is 1. The third-order valence-corrected chi connectivity index (χ3v) is 9.14. The Kier molecular flexibility index (Phi) is 8.04. The Morgan fingerprint density at radius 2 is 1.95 bits per heavy atom. The van der Waals surface area contributed by atoms with Gasteiger partial charge in [0.25, 0.3) is 0 Å². The third-order valence-electron chi connectivity index (χ3n) is 9.14. The highest BCUT2D eigenvalue weighted by Gasteiger charge is 2.34. The molecule has 6 rings (SSSR count). The largest absolute Gasteiger partial charge is 0.428 e. The standard InChI is InChI=1S/C34H39N7O2/c1-5-31(42)41-20-19-40(21-26(41)14-16-35)33-27-15-18-39(30-12-7-11-25-10-6-9-23(2)32(25)30)22-28(27)36-34(37-33)43-24(3)29-13-8-17-38(29)4/h5-7,9-12,26,29H,1,3,8,13-15,17-22H2,2,4H3/t26-,29-/m0/s1. The van der Waals surface area contributed by atoms with E-state index in [0.717, 1.165) is 49.4 Å². The number of likely N-dealkylation sites (N-methyl/N-ethyl adjacent to an activating group) is 1. The maximum Gasteiger partial charge on any atom is 0.323 e. The monoisotopic (exact) mass is 577 g/mol. The van der Waals surface area contributed by atoms with Crippen LogP contribution in [0.5, 0.6) is 6.01 Å². The van der Waals surface area contributed by atoms with Crippen LogP contribution in [0.4, 0.5) is 11.5 Å². The van der Waals surface area contributed by atoms with E-state index < -0.39 is 0 Å². The van der Waals surface area contributed by atoms with Gasteiger partial charge in [0.15, 0.2) is 0 Å². The summed E-state index contributed by atoms with van der Waals surface area (Å²) in [4.78, 5) is 31.1. The van der Waals surface area contributed by atoms with Gasteiger partial charge < -0.3 is 19.4 Å². The SMILES string of the molecule is C=CC(=O)N1CCN(c2nc(OC(=C)[C@@H]3CCCN3C)nc3c2CCN(c2cccc4cccc(C)c24)C3)C[C@@H]1CC#N. The molecule has 9 heteroatoms. The molecule has 4 heterocycles. The maximum absolute atomic E-state index is 12.6. The number of anilines is 2. The van der Waals surface area contributed by atoms with E-state index in [0.29, 0.717) is 37.9 Å². The number of nitrogens with zero attached hydrogens (tertiary/aromatic N) is 7. The molecular formula is C34H39N7O2. The summed E-state index contributed by atoms with van der Waals surface area (Å²) < 4.78 is 6.31. The number of aryl methyl sites for hydroxylation is 1. The van der Waals surface area contributed by atoms with Crippen LogP contribution in [0.25, 0.3) is 10.8 Å². The van der Waals surface area contributed by atoms with Crippen molar-refractivity contribution in [2.24, 2.45) is 0 Å². The van der Waals surface area contributed by atoms with Crippen molar-refractivity contribution in [1.82, 2.24) is 19.8 Å². The molecule has 1 amide bonds. The van der Waals surface area contributed by atoms with Crippen LogP contribution in [-0.2, 0) is 17.8 Å². The van der Waals surface area contributed by atoms with E-state index >= 15 is 0 Å². The van der Waals surface area contributed by atoms with Crippen LogP contribution in [0.3, 0.4) is 0 Å². The van der Waals surface area contributed by atoms with Crippen LogP contribution in [0.15, 0.2) is 61.4 Å². The Bertz CT molecular complexity index is 1610. The van der Waals surface area contributed by atoms with Gasteiger partial charge in [-0.25, -0.2) is 0 Å². The number of carbonyl (C=O) groups excluding carboxylic acids is 1. The molecule has 2 atom stereocenters. The van der Waals surface area contributed by atoms with Gasteiger partial charge >= 0.3 is 6.01 Å². The summed E-state index contributed by atoms with van der Waals surface area (Å²) in [6.07, 6.45) is 4.44. The number of aromatic nitrogens is 2. The van der Waals surface area contributed by atoms with Crippen LogP contribution in [-0.4, -0.2) is 77.5 Å². The van der Waals surface area contributed by atoms with Gasteiger partial charge in [-0.05, 0) is 62.9 Å². The van der Waals surface area contributed by atoms with E-state index in [4.69, 9.17) is 14.7 Å². The normalized spacial score (nSPS) is 20.5. The first-order valence-corrected chi connectivity index (χ1v) is 15.1. The lowest BCUT2D eigenvalue weighted by Gasteiger charge is -2.42. The minimum atomic E-state index is -0.250. The maximum atomic E-state index is 12.6. The predicted molar refractivity (Wildman–Crippen MR) is 169 cm³/mol. The zero-order valence-corrected chi connectivity index (χ0v) is 25.1. The Morgan fingerprint density at radius 1 is 1.14 bits per heavy atom. The fraction of sp³-hybridized carbons (Fsp3) is 0.412. The quantitative estimate of drug-likeness (QED) is 0.297. The van der Waals surface area contributed by atoms with E-state index in [1.54, 1.807) is 4.90 Å². The minimum absolute atomic E-state index is 0.131. The van der Waals surface area contributed by atoms with Crippen molar-refractivity contribution in [3.8, 4) is 12.1 Å². The summed E-state index contributed by atoms with van der Waals surface area (Å²) in [7, 11) is 2.09. The minimum Gasteiger partial charge on any atom is -0.428 e. The number of hydrogen-bond donors (Lipinski definition) is 0. The summed E-state index contributed by atoms with van der Waals surface area (Å²) >= 11 is 0. The van der Waals surface area contributed by atoms with E-state index in [9.17, 15) is 10.1 Å². The molecule has 9 nitrogen and oxygen atoms in total. The first-order valence-electron chi connectivity index (χ1n) is 15.1. The van der Waals surface area contributed by atoms with E-state index in [1.165, 1.54) is 28.1 Å². The van der Waals surface area contributed by atoms with Gasteiger partial charge in [0.05, 0.1) is 36.8 Å². The number of rotatable bonds is 7. The highest BCUT2D eigenvalue weighted by Crippen LogP contribution is 2.36. The molecular weight excluding hydrogens is 538 g/mol. The Labute approximate surface area is 253 Å². The molecule has 3 aliphatic heterocycles. The number of likely N-dealkylation sites (tertiary alicyclic amines) is 1. The van der Waals surface area contributed by atoms with Gasteiger partial charge in [0.2, 0.25) is 5.91 Å².